The molecule has 1 atom stereocenters. The molecule has 2 rings (SSSR count). The Balaban J connectivity index is 1.86. The van der Waals surface area contributed by atoms with E-state index in [1.54, 1.807) is 0 Å². The van der Waals surface area contributed by atoms with Gasteiger partial charge >= 0.3 is 0 Å². The molecule has 0 fully saturated rings. The summed E-state index contributed by atoms with van der Waals surface area (Å²) in [6.45, 7) is 6.25. The lowest BCUT2D eigenvalue weighted by Crippen LogP contribution is -2.38. The number of benzene rings is 2. The lowest BCUT2D eigenvalue weighted by molar-refractivity contribution is -0.122. The van der Waals surface area contributed by atoms with E-state index in [0.29, 0.717) is 37.8 Å². The number of carbonyl (C=O) groups excluding carboxylic acids is 1. The zero-order valence-corrected chi connectivity index (χ0v) is 17.7. The fourth-order valence-corrected chi connectivity index (χ4v) is 2.81. The SMILES string of the molecule is CCNC(=O)COc1cccc(CN=C(NCC)NCCC(O)c2ccccc2)c1. The molecule has 0 aliphatic carbocycles. The van der Waals surface area contributed by atoms with E-state index in [0.717, 1.165) is 17.7 Å². The number of carbonyl (C=O) groups is 1. The minimum Gasteiger partial charge on any atom is -0.484 e. The average Bonchev–Trinajstić information content (AvgIpc) is 2.77. The van der Waals surface area contributed by atoms with Gasteiger partial charge in [-0.05, 0) is 43.5 Å². The number of likely N-dealkylation sites (N-methyl/N-ethyl adjacent to an activating group) is 1. The van der Waals surface area contributed by atoms with Crippen LogP contribution in [0.1, 0.15) is 37.5 Å². The Labute approximate surface area is 178 Å². The summed E-state index contributed by atoms with van der Waals surface area (Å²) in [5.41, 5.74) is 1.88. The van der Waals surface area contributed by atoms with Crippen LogP contribution < -0.4 is 20.7 Å². The molecule has 7 heteroatoms. The summed E-state index contributed by atoms with van der Waals surface area (Å²) >= 11 is 0. The summed E-state index contributed by atoms with van der Waals surface area (Å²) in [5.74, 6) is 1.18. The molecule has 0 saturated carbocycles. The minimum atomic E-state index is -0.514. The zero-order valence-electron chi connectivity index (χ0n) is 17.7. The average molecular weight is 413 g/mol. The normalized spacial score (nSPS) is 12.2. The highest BCUT2D eigenvalue weighted by Crippen LogP contribution is 2.15. The molecule has 0 saturated heterocycles. The number of aliphatic imine (C=N–C) groups is 1. The maximum absolute atomic E-state index is 11.5. The number of rotatable bonds is 11. The summed E-state index contributed by atoms with van der Waals surface area (Å²) in [7, 11) is 0. The van der Waals surface area contributed by atoms with Crippen molar-refractivity contribution in [1.29, 1.82) is 0 Å². The van der Waals surface area contributed by atoms with Gasteiger partial charge in [0.05, 0.1) is 12.6 Å². The summed E-state index contributed by atoms with van der Waals surface area (Å²) in [5, 5.41) is 19.4. The quantitative estimate of drug-likeness (QED) is 0.336. The predicted octanol–water partition coefficient (Wildman–Crippen LogP) is 2.38. The number of hydrogen-bond acceptors (Lipinski definition) is 4. The van der Waals surface area contributed by atoms with Crippen LogP contribution in [0.3, 0.4) is 0 Å². The number of amides is 1. The summed E-state index contributed by atoms with van der Waals surface area (Å²) in [4.78, 5) is 16.1. The first-order valence-corrected chi connectivity index (χ1v) is 10.4. The van der Waals surface area contributed by atoms with Crippen LogP contribution in [-0.4, -0.2) is 43.2 Å². The molecule has 1 unspecified atom stereocenters. The molecule has 162 valence electrons. The van der Waals surface area contributed by atoms with Crippen molar-refractivity contribution in [2.45, 2.75) is 32.9 Å². The first kappa shape index (κ1) is 23.2. The number of ether oxygens (including phenoxy) is 1. The van der Waals surface area contributed by atoms with E-state index in [9.17, 15) is 9.90 Å². The molecule has 0 aromatic heterocycles. The Bertz CT molecular complexity index is 796. The summed E-state index contributed by atoms with van der Waals surface area (Å²) in [6, 6.07) is 17.2. The topological polar surface area (TPSA) is 95.0 Å². The van der Waals surface area contributed by atoms with Crippen LogP contribution in [0.2, 0.25) is 0 Å². The Hall–Kier alpha value is -3.06. The van der Waals surface area contributed by atoms with Crippen LogP contribution in [-0.2, 0) is 11.3 Å². The predicted molar refractivity (Wildman–Crippen MR) is 119 cm³/mol. The summed E-state index contributed by atoms with van der Waals surface area (Å²) < 4.78 is 5.53. The van der Waals surface area contributed by atoms with E-state index >= 15 is 0 Å². The van der Waals surface area contributed by atoms with E-state index in [1.807, 2.05) is 68.4 Å². The Morgan fingerprint density at radius 3 is 2.53 bits per heavy atom. The highest BCUT2D eigenvalue weighted by Gasteiger charge is 2.07. The monoisotopic (exact) mass is 412 g/mol. The minimum absolute atomic E-state index is 0.00546. The Morgan fingerprint density at radius 1 is 1.03 bits per heavy atom. The number of aliphatic hydroxyl groups excluding tert-OH is 1. The van der Waals surface area contributed by atoms with Crippen LogP contribution in [0.5, 0.6) is 5.75 Å². The van der Waals surface area contributed by atoms with Gasteiger partial charge in [-0.1, -0.05) is 42.5 Å². The number of hydrogen-bond donors (Lipinski definition) is 4. The molecule has 0 bridgehead atoms. The van der Waals surface area contributed by atoms with Crippen LogP contribution in [0.4, 0.5) is 0 Å². The zero-order chi connectivity index (χ0) is 21.6. The van der Waals surface area contributed by atoms with Crippen LogP contribution in [0, 0.1) is 0 Å². The van der Waals surface area contributed by atoms with Gasteiger partial charge in [-0.15, -0.1) is 0 Å². The van der Waals surface area contributed by atoms with Crippen LogP contribution in [0.25, 0.3) is 0 Å². The molecule has 0 aliphatic heterocycles. The highest BCUT2D eigenvalue weighted by molar-refractivity contribution is 5.79. The van der Waals surface area contributed by atoms with E-state index in [1.165, 1.54) is 0 Å². The number of nitrogens with one attached hydrogen (secondary N) is 3. The molecule has 0 spiro atoms. The van der Waals surface area contributed by atoms with Gasteiger partial charge in [0.25, 0.3) is 5.91 Å². The maximum atomic E-state index is 11.5. The van der Waals surface area contributed by atoms with Crippen molar-refractivity contribution >= 4 is 11.9 Å². The van der Waals surface area contributed by atoms with Gasteiger partial charge in [0.1, 0.15) is 5.75 Å². The largest absolute Gasteiger partial charge is 0.484 e. The fourth-order valence-electron chi connectivity index (χ4n) is 2.81. The van der Waals surface area contributed by atoms with Gasteiger partial charge in [0, 0.05) is 19.6 Å². The third kappa shape index (κ3) is 8.53. The lowest BCUT2D eigenvalue weighted by Gasteiger charge is -2.14. The van der Waals surface area contributed by atoms with Gasteiger partial charge in [-0.3, -0.25) is 4.79 Å². The molecule has 0 heterocycles. The third-order valence-electron chi connectivity index (χ3n) is 4.30. The van der Waals surface area contributed by atoms with Gasteiger partial charge in [0.15, 0.2) is 12.6 Å². The second kappa shape index (κ2) is 13.2. The van der Waals surface area contributed by atoms with Crippen LogP contribution >= 0.6 is 0 Å². The third-order valence-corrected chi connectivity index (χ3v) is 4.30. The van der Waals surface area contributed by atoms with Crippen molar-refractivity contribution in [1.82, 2.24) is 16.0 Å². The van der Waals surface area contributed by atoms with E-state index in [2.05, 4.69) is 20.9 Å². The molecule has 0 radical (unpaired) electrons. The lowest BCUT2D eigenvalue weighted by atomic mass is 10.1. The van der Waals surface area contributed by atoms with Gasteiger partial charge in [-0.2, -0.15) is 0 Å². The van der Waals surface area contributed by atoms with Gasteiger partial charge in [-0.25, -0.2) is 4.99 Å². The molecule has 4 N–H and O–H groups in total. The van der Waals surface area contributed by atoms with E-state index < -0.39 is 6.10 Å². The maximum Gasteiger partial charge on any atom is 0.257 e. The molecule has 30 heavy (non-hydrogen) atoms. The molecule has 0 aliphatic rings. The van der Waals surface area contributed by atoms with Crippen molar-refractivity contribution in [3.63, 3.8) is 0 Å². The fraction of sp³-hybridized carbons (Fsp3) is 0.391. The van der Waals surface area contributed by atoms with Crippen molar-refractivity contribution in [2.75, 3.05) is 26.2 Å². The van der Waals surface area contributed by atoms with Crippen molar-refractivity contribution in [3.8, 4) is 5.75 Å². The number of aliphatic hydroxyl groups is 1. The smallest absolute Gasteiger partial charge is 0.257 e. The standard InChI is InChI=1S/C23H32N4O3/c1-3-24-22(29)17-30-20-12-8-9-18(15-20)16-27-23(25-4-2)26-14-13-21(28)19-10-6-5-7-11-19/h5-12,15,21,28H,3-4,13-14,16-17H2,1-2H3,(H,24,29)(H2,25,26,27). The van der Waals surface area contributed by atoms with Crippen LogP contribution in [0.15, 0.2) is 59.6 Å². The summed E-state index contributed by atoms with van der Waals surface area (Å²) in [6.07, 6.45) is 0.0673. The van der Waals surface area contributed by atoms with Gasteiger partial charge < -0.3 is 25.8 Å². The Morgan fingerprint density at radius 2 is 1.80 bits per heavy atom. The first-order valence-electron chi connectivity index (χ1n) is 10.4. The second-order valence-corrected chi connectivity index (χ2v) is 6.73. The van der Waals surface area contributed by atoms with Crippen molar-refractivity contribution < 1.29 is 14.6 Å². The molecular weight excluding hydrogens is 380 g/mol. The van der Waals surface area contributed by atoms with E-state index in [-0.39, 0.29) is 12.5 Å². The molecule has 1 amide bonds. The first-order chi connectivity index (χ1) is 14.6. The molecule has 7 nitrogen and oxygen atoms in total. The van der Waals surface area contributed by atoms with Crippen molar-refractivity contribution in [2.24, 2.45) is 4.99 Å². The Kier molecular flexibility index (Phi) is 10.2. The number of guanidine groups is 1. The molecule has 2 aromatic rings. The molecular formula is C23H32N4O3. The van der Waals surface area contributed by atoms with Crippen molar-refractivity contribution in [3.05, 3.63) is 65.7 Å². The highest BCUT2D eigenvalue weighted by atomic mass is 16.5. The van der Waals surface area contributed by atoms with E-state index in [4.69, 9.17) is 4.74 Å². The van der Waals surface area contributed by atoms with Gasteiger partial charge in [0.2, 0.25) is 0 Å². The molecule has 2 aromatic carbocycles. The number of nitrogens with zero attached hydrogens (tertiary/aromatic N) is 1. The second-order valence-electron chi connectivity index (χ2n) is 6.73.